The first-order valence-electron chi connectivity index (χ1n) is 6.63. The van der Waals surface area contributed by atoms with Crippen LogP contribution in [0.4, 0.5) is 0 Å². The minimum Gasteiger partial charge on any atom is -0.288 e. The molecule has 0 amide bonds. The molecule has 1 aromatic heterocycles. The lowest BCUT2D eigenvalue weighted by molar-refractivity contribution is 0.105. The molecule has 2 aromatic rings. The van der Waals surface area contributed by atoms with Crippen molar-refractivity contribution in [3.8, 4) is 0 Å². The van der Waals surface area contributed by atoms with Crippen LogP contribution in [0.5, 0.6) is 0 Å². The molecule has 0 spiro atoms. The molecule has 2 rings (SSSR count). The van der Waals surface area contributed by atoms with Crippen molar-refractivity contribution in [2.24, 2.45) is 0 Å². The topological polar surface area (TPSA) is 30.0 Å². The predicted molar refractivity (Wildman–Crippen MR) is 85.4 cm³/mol. The highest BCUT2D eigenvalue weighted by atomic mass is 32.1. The van der Waals surface area contributed by atoms with Gasteiger partial charge in [-0.2, -0.15) is 0 Å². The van der Waals surface area contributed by atoms with Crippen molar-refractivity contribution in [2.75, 3.05) is 0 Å². The third-order valence-electron chi connectivity index (χ3n) is 2.89. The number of aromatic nitrogens is 1. The van der Waals surface area contributed by atoms with Crippen LogP contribution >= 0.6 is 11.3 Å². The average molecular weight is 285 g/mol. The lowest BCUT2D eigenvalue weighted by atomic mass is 9.98. The van der Waals surface area contributed by atoms with Crippen molar-refractivity contribution in [3.05, 3.63) is 57.6 Å². The standard InChI is InChI=1S/C17H19NOS/c1-12-15(20-16(18-12)17(2,3)4)14(19)11-10-13-8-6-5-7-9-13/h5-11H,1-4H3/b11-10+. The van der Waals surface area contributed by atoms with Gasteiger partial charge >= 0.3 is 0 Å². The van der Waals surface area contributed by atoms with E-state index in [9.17, 15) is 4.79 Å². The zero-order valence-corrected chi connectivity index (χ0v) is 13.1. The normalized spacial score (nSPS) is 12.0. The number of ketones is 1. The SMILES string of the molecule is Cc1nc(C(C)(C)C)sc1C(=O)/C=C/c1ccccc1. The molecule has 0 N–H and O–H groups in total. The molecule has 0 aliphatic rings. The highest BCUT2D eigenvalue weighted by Gasteiger charge is 2.22. The zero-order chi connectivity index (χ0) is 14.8. The third-order valence-corrected chi connectivity index (χ3v) is 4.49. The van der Waals surface area contributed by atoms with Crippen LogP contribution in [0.15, 0.2) is 36.4 Å². The Kier molecular flexibility index (Phi) is 4.19. The van der Waals surface area contributed by atoms with Crippen LogP contribution in [-0.2, 0) is 5.41 Å². The number of hydrogen-bond acceptors (Lipinski definition) is 3. The molecule has 0 saturated carbocycles. The first kappa shape index (κ1) is 14.7. The molecule has 20 heavy (non-hydrogen) atoms. The van der Waals surface area contributed by atoms with E-state index < -0.39 is 0 Å². The van der Waals surface area contributed by atoms with E-state index in [1.807, 2.05) is 43.3 Å². The van der Waals surface area contributed by atoms with E-state index in [-0.39, 0.29) is 11.2 Å². The number of carbonyl (C=O) groups is 1. The fraction of sp³-hybridized carbons (Fsp3) is 0.294. The molecule has 0 atom stereocenters. The monoisotopic (exact) mass is 285 g/mol. The second-order valence-electron chi connectivity index (χ2n) is 5.79. The smallest absolute Gasteiger partial charge is 0.197 e. The number of carbonyl (C=O) groups excluding carboxylic acids is 1. The van der Waals surface area contributed by atoms with Crippen LogP contribution in [0.2, 0.25) is 0 Å². The molecule has 104 valence electrons. The lowest BCUT2D eigenvalue weighted by Gasteiger charge is -2.13. The maximum absolute atomic E-state index is 12.3. The van der Waals surface area contributed by atoms with Gasteiger partial charge in [0.15, 0.2) is 5.78 Å². The molecule has 0 aliphatic carbocycles. The van der Waals surface area contributed by atoms with E-state index in [0.717, 1.165) is 21.1 Å². The number of thiazole rings is 1. The second kappa shape index (κ2) is 5.71. The molecule has 2 nitrogen and oxygen atoms in total. The van der Waals surface area contributed by atoms with Crippen LogP contribution in [0.25, 0.3) is 6.08 Å². The van der Waals surface area contributed by atoms with Crippen LogP contribution < -0.4 is 0 Å². The summed E-state index contributed by atoms with van der Waals surface area (Å²) in [6, 6.07) is 9.83. The Morgan fingerprint density at radius 2 is 1.85 bits per heavy atom. The van der Waals surface area contributed by atoms with Gasteiger partial charge in [-0.25, -0.2) is 4.98 Å². The number of benzene rings is 1. The van der Waals surface area contributed by atoms with E-state index >= 15 is 0 Å². The van der Waals surface area contributed by atoms with E-state index in [1.54, 1.807) is 6.08 Å². The summed E-state index contributed by atoms with van der Waals surface area (Å²) in [6.07, 6.45) is 3.47. The van der Waals surface area contributed by atoms with E-state index in [2.05, 4.69) is 25.8 Å². The molecule has 1 heterocycles. The number of hydrogen-bond donors (Lipinski definition) is 0. The van der Waals surface area contributed by atoms with Crippen molar-refractivity contribution in [1.82, 2.24) is 4.98 Å². The Balaban J connectivity index is 2.22. The van der Waals surface area contributed by atoms with Gasteiger partial charge in [0.25, 0.3) is 0 Å². The first-order valence-corrected chi connectivity index (χ1v) is 7.45. The summed E-state index contributed by atoms with van der Waals surface area (Å²) in [5.41, 5.74) is 1.83. The van der Waals surface area contributed by atoms with Gasteiger partial charge in [0.1, 0.15) is 0 Å². The summed E-state index contributed by atoms with van der Waals surface area (Å²) in [5, 5.41) is 1.01. The number of rotatable bonds is 3. The van der Waals surface area contributed by atoms with Gasteiger partial charge < -0.3 is 0 Å². The largest absolute Gasteiger partial charge is 0.288 e. The zero-order valence-electron chi connectivity index (χ0n) is 12.3. The molecular formula is C17H19NOS. The minimum atomic E-state index is -0.0168. The fourth-order valence-corrected chi connectivity index (χ4v) is 2.80. The van der Waals surface area contributed by atoms with Crippen LogP contribution in [0.3, 0.4) is 0 Å². The van der Waals surface area contributed by atoms with E-state index in [4.69, 9.17) is 0 Å². The van der Waals surface area contributed by atoms with Gasteiger partial charge in [-0.15, -0.1) is 11.3 Å². The van der Waals surface area contributed by atoms with Gasteiger partial charge in [0.2, 0.25) is 0 Å². The van der Waals surface area contributed by atoms with Gasteiger partial charge in [-0.3, -0.25) is 4.79 Å². The molecular weight excluding hydrogens is 266 g/mol. The maximum atomic E-state index is 12.3. The molecule has 0 unspecified atom stereocenters. The van der Waals surface area contributed by atoms with Crippen molar-refractivity contribution in [2.45, 2.75) is 33.1 Å². The summed E-state index contributed by atoms with van der Waals surface area (Å²) in [6.45, 7) is 8.23. The Hall–Kier alpha value is -1.74. The Labute approximate surface area is 124 Å². The molecule has 0 aliphatic heterocycles. The Morgan fingerprint density at radius 3 is 2.40 bits per heavy atom. The average Bonchev–Trinajstić information content (AvgIpc) is 2.79. The molecule has 0 bridgehead atoms. The number of aryl methyl sites for hydroxylation is 1. The Bertz CT molecular complexity index is 633. The number of nitrogens with zero attached hydrogens (tertiary/aromatic N) is 1. The summed E-state index contributed by atoms with van der Waals surface area (Å²) >= 11 is 1.50. The lowest BCUT2D eigenvalue weighted by Crippen LogP contribution is -2.10. The maximum Gasteiger partial charge on any atom is 0.197 e. The van der Waals surface area contributed by atoms with E-state index in [0.29, 0.717) is 0 Å². The van der Waals surface area contributed by atoms with Gasteiger partial charge in [0, 0.05) is 5.41 Å². The van der Waals surface area contributed by atoms with Crippen LogP contribution in [0.1, 0.15) is 46.7 Å². The summed E-state index contributed by atoms with van der Waals surface area (Å²) < 4.78 is 0. The fourth-order valence-electron chi connectivity index (χ4n) is 1.76. The van der Waals surface area contributed by atoms with Gasteiger partial charge in [0.05, 0.1) is 15.6 Å². The molecule has 0 radical (unpaired) electrons. The minimum absolute atomic E-state index is 0.0168. The highest BCUT2D eigenvalue weighted by Crippen LogP contribution is 2.29. The predicted octanol–water partition coefficient (Wildman–Crippen LogP) is 4.65. The van der Waals surface area contributed by atoms with Crippen LogP contribution in [0, 0.1) is 6.92 Å². The Morgan fingerprint density at radius 1 is 1.20 bits per heavy atom. The molecule has 0 saturated heterocycles. The molecule has 0 fully saturated rings. The summed E-state index contributed by atoms with van der Waals surface area (Å²) in [5.74, 6) is 0.0272. The van der Waals surface area contributed by atoms with E-state index in [1.165, 1.54) is 11.3 Å². The van der Waals surface area contributed by atoms with Crippen molar-refractivity contribution in [1.29, 1.82) is 0 Å². The number of allylic oxidation sites excluding steroid dienone is 1. The third kappa shape index (κ3) is 3.42. The van der Waals surface area contributed by atoms with Crippen molar-refractivity contribution < 1.29 is 4.79 Å². The molecule has 3 heteroatoms. The highest BCUT2D eigenvalue weighted by molar-refractivity contribution is 7.14. The van der Waals surface area contributed by atoms with Gasteiger partial charge in [-0.1, -0.05) is 57.2 Å². The first-order chi connectivity index (χ1) is 9.38. The van der Waals surface area contributed by atoms with Crippen molar-refractivity contribution in [3.63, 3.8) is 0 Å². The molecule has 1 aromatic carbocycles. The summed E-state index contributed by atoms with van der Waals surface area (Å²) in [7, 11) is 0. The summed E-state index contributed by atoms with van der Waals surface area (Å²) in [4.78, 5) is 17.5. The van der Waals surface area contributed by atoms with Crippen LogP contribution in [-0.4, -0.2) is 10.8 Å². The quantitative estimate of drug-likeness (QED) is 0.607. The second-order valence-corrected chi connectivity index (χ2v) is 6.79. The van der Waals surface area contributed by atoms with Gasteiger partial charge in [-0.05, 0) is 18.6 Å². The van der Waals surface area contributed by atoms with Crippen molar-refractivity contribution >= 4 is 23.2 Å².